The maximum Gasteiger partial charge on any atom is 0.323 e. The number of anilines is 4. The van der Waals surface area contributed by atoms with Gasteiger partial charge in [-0.25, -0.2) is 13.6 Å². The lowest BCUT2D eigenvalue weighted by molar-refractivity contribution is 0.0810. The van der Waals surface area contributed by atoms with E-state index in [9.17, 15) is 13.6 Å². The third-order valence-corrected chi connectivity index (χ3v) is 7.94. The van der Waals surface area contributed by atoms with Gasteiger partial charge in [-0.05, 0) is 36.4 Å². The molecule has 6 atom stereocenters. The number of nitrogens with one attached hydrogen (secondary N) is 2. The molecule has 6 heterocycles. The SMILES string of the molecule is O=C(Nc1ccncc1)Nc1ccc(-c2nc(N3[C@@H]4COC[C@H]3[C@H](F)C4)nc(N3[C@@H]4COC[C@H]3[C@H](F)C4)n2)cc1. The van der Waals surface area contributed by atoms with Crippen LogP contribution in [0.25, 0.3) is 11.4 Å². The number of amides is 2. The van der Waals surface area contributed by atoms with Gasteiger partial charge in [0.05, 0.1) is 50.6 Å². The highest BCUT2D eigenvalue weighted by atomic mass is 19.1. The molecular formula is C27H28F2N8O3. The van der Waals surface area contributed by atoms with Crippen molar-refractivity contribution in [2.75, 3.05) is 46.9 Å². The molecule has 0 aliphatic carbocycles. The van der Waals surface area contributed by atoms with E-state index in [2.05, 4.69) is 15.6 Å². The highest BCUT2D eigenvalue weighted by Gasteiger charge is 2.49. The number of alkyl halides is 2. The van der Waals surface area contributed by atoms with Crippen LogP contribution in [0.5, 0.6) is 0 Å². The second-order valence-corrected chi connectivity index (χ2v) is 10.5. The lowest BCUT2D eigenvalue weighted by Crippen LogP contribution is -2.50. The van der Waals surface area contributed by atoms with E-state index in [0.717, 1.165) is 0 Å². The summed E-state index contributed by atoms with van der Waals surface area (Å²) in [5, 5.41) is 5.54. The summed E-state index contributed by atoms with van der Waals surface area (Å²) in [6, 6.07) is 8.74. The molecule has 4 aliphatic rings. The van der Waals surface area contributed by atoms with Gasteiger partial charge in [-0.1, -0.05) is 0 Å². The molecule has 0 saturated carbocycles. The summed E-state index contributed by atoms with van der Waals surface area (Å²) in [6.07, 6.45) is 1.78. The fourth-order valence-corrected chi connectivity index (χ4v) is 6.04. The van der Waals surface area contributed by atoms with Gasteiger partial charge in [0.25, 0.3) is 0 Å². The van der Waals surface area contributed by atoms with Gasteiger partial charge in [-0.2, -0.15) is 15.0 Å². The number of benzene rings is 1. The fourth-order valence-electron chi connectivity index (χ4n) is 6.04. The average Bonchev–Trinajstić information content (AvgIpc) is 3.28. The number of carbonyl (C=O) groups is 1. The van der Waals surface area contributed by atoms with E-state index in [1.54, 1.807) is 48.8 Å². The standard InChI is InChI=1S/C27H28F2N8O3/c28-20-9-18-11-39-13-22(20)36(18)25-33-24(34-26(35-25)37-19-10-21(29)23(37)14-40-12-19)15-1-3-16(4-2-15)31-27(38)32-17-5-7-30-8-6-17/h1-8,18-23H,9-14H2,(H2,30,31,32,38)/t18-,19-,20+,21+,22-,23-/m0/s1. The monoisotopic (exact) mass is 550 g/mol. The smallest absolute Gasteiger partial charge is 0.323 e. The molecule has 13 heteroatoms. The number of hydrogen-bond acceptors (Lipinski definition) is 9. The summed E-state index contributed by atoms with van der Waals surface area (Å²) in [5.74, 6) is 1.10. The number of urea groups is 1. The number of fused-ring (bicyclic) bond motifs is 4. The van der Waals surface area contributed by atoms with Gasteiger partial charge in [0, 0.05) is 42.2 Å². The van der Waals surface area contributed by atoms with Crippen molar-refractivity contribution in [3.05, 3.63) is 48.8 Å². The molecule has 2 aromatic heterocycles. The summed E-state index contributed by atoms with van der Waals surface area (Å²) >= 11 is 0. The van der Waals surface area contributed by atoms with E-state index < -0.39 is 30.5 Å². The van der Waals surface area contributed by atoms with Crippen LogP contribution in [-0.2, 0) is 9.47 Å². The van der Waals surface area contributed by atoms with Gasteiger partial charge in [0.1, 0.15) is 12.3 Å². The van der Waals surface area contributed by atoms with E-state index in [1.165, 1.54) is 0 Å². The van der Waals surface area contributed by atoms with Crippen LogP contribution < -0.4 is 20.4 Å². The predicted molar refractivity (Wildman–Crippen MR) is 143 cm³/mol. The summed E-state index contributed by atoms with van der Waals surface area (Å²) in [5.41, 5.74) is 1.87. The maximum absolute atomic E-state index is 14.9. The van der Waals surface area contributed by atoms with Crippen molar-refractivity contribution in [2.24, 2.45) is 0 Å². The molecule has 1 aromatic carbocycles. The molecule has 208 valence electrons. The molecule has 0 spiro atoms. The summed E-state index contributed by atoms with van der Waals surface area (Å²) in [4.78, 5) is 34.4. The minimum absolute atomic E-state index is 0.183. The molecule has 2 amide bonds. The van der Waals surface area contributed by atoms with Gasteiger partial charge in [0.2, 0.25) is 11.9 Å². The average molecular weight is 551 g/mol. The number of halogens is 2. The Balaban J connectivity index is 1.19. The van der Waals surface area contributed by atoms with Crippen molar-refractivity contribution in [3.63, 3.8) is 0 Å². The first-order valence-corrected chi connectivity index (χ1v) is 13.4. The molecular weight excluding hydrogens is 522 g/mol. The van der Waals surface area contributed by atoms with Gasteiger partial charge in [-0.3, -0.25) is 4.98 Å². The van der Waals surface area contributed by atoms with Crippen molar-refractivity contribution in [1.29, 1.82) is 0 Å². The van der Waals surface area contributed by atoms with Crippen molar-refractivity contribution in [1.82, 2.24) is 19.9 Å². The predicted octanol–water partition coefficient (Wildman–Crippen LogP) is 3.21. The van der Waals surface area contributed by atoms with Gasteiger partial charge in [-0.15, -0.1) is 0 Å². The van der Waals surface area contributed by atoms with Gasteiger partial charge < -0.3 is 29.9 Å². The zero-order chi connectivity index (χ0) is 27.2. The maximum atomic E-state index is 14.9. The zero-order valence-corrected chi connectivity index (χ0v) is 21.5. The van der Waals surface area contributed by atoms with Crippen LogP contribution in [0, 0.1) is 0 Å². The number of carbonyl (C=O) groups excluding carboxylic acids is 1. The molecule has 11 nitrogen and oxygen atoms in total. The van der Waals surface area contributed by atoms with Crippen molar-refractivity contribution in [2.45, 2.75) is 49.4 Å². The van der Waals surface area contributed by atoms with E-state index >= 15 is 0 Å². The first-order valence-electron chi connectivity index (χ1n) is 13.4. The van der Waals surface area contributed by atoms with E-state index in [4.69, 9.17) is 24.4 Å². The first-order chi connectivity index (χ1) is 19.5. The Hall–Kier alpha value is -3.97. The van der Waals surface area contributed by atoms with Crippen LogP contribution in [0.2, 0.25) is 0 Å². The Morgan fingerprint density at radius 1 is 0.750 bits per heavy atom. The van der Waals surface area contributed by atoms with Gasteiger partial charge >= 0.3 is 6.03 Å². The summed E-state index contributed by atoms with van der Waals surface area (Å²) < 4.78 is 40.9. The number of pyridine rings is 1. The lowest BCUT2D eigenvalue weighted by atomic mass is 10.2. The molecule has 0 unspecified atom stereocenters. The Kier molecular flexibility index (Phi) is 6.39. The summed E-state index contributed by atoms with van der Waals surface area (Å²) in [7, 11) is 0. The Bertz CT molecular complexity index is 1330. The van der Waals surface area contributed by atoms with Crippen LogP contribution in [0.3, 0.4) is 0 Å². The Morgan fingerprint density at radius 2 is 1.27 bits per heavy atom. The van der Waals surface area contributed by atoms with Crippen LogP contribution in [0.15, 0.2) is 48.8 Å². The molecule has 2 N–H and O–H groups in total. The highest BCUT2D eigenvalue weighted by molar-refractivity contribution is 5.99. The van der Waals surface area contributed by atoms with Crippen LogP contribution >= 0.6 is 0 Å². The number of aromatic nitrogens is 4. The van der Waals surface area contributed by atoms with Gasteiger partial charge in [0.15, 0.2) is 5.82 Å². The molecule has 4 bridgehead atoms. The number of morpholine rings is 2. The third-order valence-electron chi connectivity index (χ3n) is 7.94. The molecule has 4 saturated heterocycles. The summed E-state index contributed by atoms with van der Waals surface area (Å²) in [6.45, 7) is 1.30. The van der Waals surface area contributed by atoms with E-state index in [1.807, 2.05) is 9.80 Å². The molecule has 0 radical (unpaired) electrons. The highest BCUT2D eigenvalue weighted by Crippen LogP contribution is 2.38. The van der Waals surface area contributed by atoms with E-state index in [-0.39, 0.29) is 25.3 Å². The Labute approximate surface area is 228 Å². The van der Waals surface area contributed by atoms with Crippen LogP contribution in [0.1, 0.15) is 12.8 Å². The van der Waals surface area contributed by atoms with Crippen LogP contribution in [0.4, 0.5) is 36.8 Å². The Morgan fingerprint density at radius 3 is 1.80 bits per heavy atom. The second kappa shape index (κ2) is 10.2. The number of rotatable bonds is 5. The number of ether oxygens (including phenoxy) is 2. The molecule has 40 heavy (non-hydrogen) atoms. The van der Waals surface area contributed by atoms with E-state index in [0.29, 0.717) is 60.7 Å². The minimum atomic E-state index is -1.05. The second-order valence-electron chi connectivity index (χ2n) is 10.5. The van der Waals surface area contributed by atoms with Crippen molar-refractivity contribution in [3.8, 4) is 11.4 Å². The van der Waals surface area contributed by atoms with Crippen molar-refractivity contribution >= 4 is 29.3 Å². The quantitative estimate of drug-likeness (QED) is 0.494. The normalized spacial score (nSPS) is 28.9. The molecule has 7 rings (SSSR count). The topological polar surface area (TPSA) is 118 Å². The number of hydrogen-bond donors (Lipinski definition) is 2. The van der Waals surface area contributed by atoms with Crippen LogP contribution in [-0.4, -0.2) is 88.9 Å². The first kappa shape index (κ1) is 25.0. The third kappa shape index (κ3) is 4.58. The largest absolute Gasteiger partial charge is 0.377 e. The molecule has 4 fully saturated rings. The molecule has 4 aliphatic heterocycles. The minimum Gasteiger partial charge on any atom is -0.377 e. The fraction of sp³-hybridized carbons (Fsp3) is 0.444. The lowest BCUT2D eigenvalue weighted by Gasteiger charge is -2.37. The molecule has 3 aromatic rings. The van der Waals surface area contributed by atoms with Crippen molar-refractivity contribution < 1.29 is 23.0 Å². The zero-order valence-electron chi connectivity index (χ0n) is 21.5. The number of nitrogens with zero attached hydrogens (tertiary/aromatic N) is 6.